The summed E-state index contributed by atoms with van der Waals surface area (Å²) in [4.78, 5) is 34.0. The lowest BCUT2D eigenvalue weighted by Crippen LogP contribution is -2.44. The fourth-order valence-electron chi connectivity index (χ4n) is 5.88. The largest absolute Gasteiger partial charge is 0.508 e. The van der Waals surface area contributed by atoms with E-state index in [0.717, 1.165) is 42.0 Å². The Hall–Kier alpha value is -3.86. The molecule has 0 unspecified atom stereocenters. The van der Waals surface area contributed by atoms with Crippen molar-refractivity contribution in [3.05, 3.63) is 86.9 Å². The second-order valence-electron chi connectivity index (χ2n) is 10.7. The Morgan fingerprint density at radius 1 is 1.02 bits per heavy atom. The molecule has 1 saturated carbocycles. The van der Waals surface area contributed by atoms with Crippen LogP contribution in [0.25, 0.3) is 27.8 Å². The molecular weight excluding hydrogens is 513 g/mol. The van der Waals surface area contributed by atoms with Crippen LogP contribution in [-0.4, -0.2) is 56.5 Å². The number of benzene rings is 2. The van der Waals surface area contributed by atoms with Crippen molar-refractivity contribution in [2.75, 3.05) is 26.3 Å². The van der Waals surface area contributed by atoms with E-state index in [1.807, 2.05) is 24.3 Å². The van der Waals surface area contributed by atoms with Crippen molar-refractivity contribution in [2.24, 2.45) is 5.73 Å². The number of aromatic hydroxyl groups is 1. The predicted octanol–water partition coefficient (Wildman–Crippen LogP) is 3.33. The van der Waals surface area contributed by atoms with Crippen LogP contribution >= 0.6 is 0 Å². The molecule has 4 aromatic rings. The van der Waals surface area contributed by atoms with Crippen molar-refractivity contribution in [1.82, 2.24) is 19.0 Å². The molecule has 2 aromatic heterocycles. The molecule has 208 valence electrons. The average molecular weight is 546 g/mol. The van der Waals surface area contributed by atoms with Crippen molar-refractivity contribution >= 4 is 11.0 Å². The maximum Gasteiger partial charge on any atom is 0.337 e. The van der Waals surface area contributed by atoms with Gasteiger partial charge in [0.05, 0.1) is 30.5 Å². The van der Waals surface area contributed by atoms with Crippen molar-refractivity contribution in [1.29, 1.82) is 0 Å². The number of pyridine rings is 1. The van der Waals surface area contributed by atoms with E-state index >= 15 is 0 Å². The molecule has 10 heteroatoms. The summed E-state index contributed by atoms with van der Waals surface area (Å²) in [6, 6.07) is 13.5. The summed E-state index contributed by atoms with van der Waals surface area (Å²) in [6.45, 7) is 3.67. The fraction of sp³-hybridized carbons (Fsp3) is 0.367. The minimum absolute atomic E-state index is 0.0411. The van der Waals surface area contributed by atoms with Gasteiger partial charge in [-0.25, -0.2) is 18.7 Å². The normalized spacial score (nSPS) is 20.1. The minimum Gasteiger partial charge on any atom is -0.508 e. The van der Waals surface area contributed by atoms with E-state index in [0.29, 0.717) is 51.1 Å². The van der Waals surface area contributed by atoms with Crippen LogP contribution in [0.15, 0.2) is 64.3 Å². The Kier molecular flexibility index (Phi) is 7.22. The first kappa shape index (κ1) is 26.4. The first-order valence-corrected chi connectivity index (χ1v) is 13.7. The van der Waals surface area contributed by atoms with Gasteiger partial charge in [0, 0.05) is 31.7 Å². The number of phenolic OH excluding ortho intramolecular Hbond substituents is 1. The van der Waals surface area contributed by atoms with Crippen molar-refractivity contribution in [3.8, 4) is 22.6 Å². The van der Waals surface area contributed by atoms with Gasteiger partial charge < -0.3 is 15.6 Å². The molecule has 1 aliphatic heterocycles. The van der Waals surface area contributed by atoms with Crippen LogP contribution in [0.5, 0.6) is 5.75 Å². The number of hydrogen-bond donors (Lipinski definition) is 2. The van der Waals surface area contributed by atoms with E-state index in [2.05, 4.69) is 9.88 Å². The Morgan fingerprint density at radius 3 is 2.58 bits per heavy atom. The first-order valence-electron chi connectivity index (χ1n) is 13.7. The van der Waals surface area contributed by atoms with E-state index in [1.165, 1.54) is 9.13 Å². The number of fused-ring (bicyclic) bond motifs is 1. The average Bonchev–Trinajstić information content (AvgIpc) is 2.96. The number of hydrogen-bond acceptors (Lipinski definition) is 7. The highest BCUT2D eigenvalue weighted by atomic mass is 19.1. The number of nitrogens with two attached hydrogens (primary N) is 1. The zero-order valence-corrected chi connectivity index (χ0v) is 22.1. The van der Waals surface area contributed by atoms with Crippen molar-refractivity contribution in [3.63, 3.8) is 0 Å². The smallest absolute Gasteiger partial charge is 0.337 e. The lowest BCUT2D eigenvalue weighted by atomic mass is 9.91. The van der Waals surface area contributed by atoms with Gasteiger partial charge in [-0.1, -0.05) is 18.2 Å². The van der Waals surface area contributed by atoms with Crippen molar-refractivity contribution in [2.45, 2.75) is 44.3 Å². The summed E-state index contributed by atoms with van der Waals surface area (Å²) in [5.74, 6) is -0.511. The Morgan fingerprint density at radius 2 is 1.80 bits per heavy atom. The minimum atomic E-state index is -0.645. The highest BCUT2D eigenvalue weighted by Crippen LogP contribution is 2.31. The second-order valence-corrected chi connectivity index (χ2v) is 10.7. The lowest BCUT2D eigenvalue weighted by molar-refractivity contribution is 0.0342. The van der Waals surface area contributed by atoms with Crippen molar-refractivity contribution < 1.29 is 14.2 Å². The summed E-state index contributed by atoms with van der Waals surface area (Å²) in [5.41, 5.74) is 8.27. The third-order valence-corrected chi connectivity index (χ3v) is 8.00. The molecular formula is C30H32FN5O4. The summed E-state index contributed by atoms with van der Waals surface area (Å²) in [5, 5.41) is 10.4. The Balaban J connectivity index is 1.50. The van der Waals surface area contributed by atoms with Crippen LogP contribution in [0, 0.1) is 5.82 Å². The molecule has 0 atom stereocenters. The number of halogens is 1. The zero-order valence-electron chi connectivity index (χ0n) is 22.1. The van der Waals surface area contributed by atoms with E-state index in [-0.39, 0.29) is 28.9 Å². The SMILES string of the molecule is N[C@H]1CC[C@@H](n2c(=O)c3cc(F)cnc3n(-c3cccc(-c4cc(O)ccc4CN4CCOCC4)c3)c2=O)CC1. The maximum atomic E-state index is 14.3. The summed E-state index contributed by atoms with van der Waals surface area (Å²) in [7, 11) is 0. The standard InChI is InChI=1S/C30H32FN5O4/c31-21-15-27-28(33-17-21)35(30(39)36(29(27)38)23-7-5-22(32)6-8-23)24-3-1-2-19(14-24)26-16-25(37)9-4-20(26)18-34-10-12-40-13-11-34/h1-4,9,14-17,22-23,37H,5-8,10-13,18,32H2/t22-,23+. The van der Waals surface area contributed by atoms with E-state index in [9.17, 15) is 19.1 Å². The topological polar surface area (TPSA) is 116 Å². The summed E-state index contributed by atoms with van der Waals surface area (Å²) < 4.78 is 22.4. The molecule has 2 fully saturated rings. The van der Waals surface area contributed by atoms with E-state index < -0.39 is 17.1 Å². The third-order valence-electron chi connectivity index (χ3n) is 8.00. The van der Waals surface area contributed by atoms with E-state index in [4.69, 9.17) is 10.5 Å². The van der Waals surface area contributed by atoms with Crippen LogP contribution in [0.4, 0.5) is 4.39 Å². The molecule has 6 rings (SSSR count). The molecule has 40 heavy (non-hydrogen) atoms. The van der Waals surface area contributed by atoms with Crippen LogP contribution in [0.2, 0.25) is 0 Å². The van der Waals surface area contributed by atoms with Gasteiger partial charge in [0.15, 0.2) is 5.65 Å². The van der Waals surface area contributed by atoms with E-state index in [1.54, 1.807) is 18.2 Å². The summed E-state index contributed by atoms with van der Waals surface area (Å²) >= 11 is 0. The van der Waals surface area contributed by atoms with Crippen LogP contribution in [0.3, 0.4) is 0 Å². The summed E-state index contributed by atoms with van der Waals surface area (Å²) in [6.07, 6.45) is 3.61. The number of phenols is 1. The quantitative estimate of drug-likeness (QED) is 0.395. The highest BCUT2D eigenvalue weighted by molar-refractivity contribution is 5.77. The van der Waals surface area contributed by atoms with Gasteiger partial charge in [-0.2, -0.15) is 0 Å². The molecule has 3 N–H and O–H groups in total. The van der Waals surface area contributed by atoms with Crippen LogP contribution in [0.1, 0.15) is 37.3 Å². The molecule has 9 nitrogen and oxygen atoms in total. The molecule has 3 heterocycles. The third kappa shape index (κ3) is 5.05. The molecule has 0 amide bonds. The molecule has 2 aromatic carbocycles. The number of rotatable bonds is 5. The first-order chi connectivity index (χ1) is 19.4. The van der Waals surface area contributed by atoms with Crippen LogP contribution in [-0.2, 0) is 11.3 Å². The second kappa shape index (κ2) is 11.0. The zero-order chi connectivity index (χ0) is 27.8. The molecule has 2 aliphatic rings. The van der Waals surface area contributed by atoms with Gasteiger partial charge in [-0.15, -0.1) is 0 Å². The molecule has 0 radical (unpaired) electrons. The Labute approximate surface area is 230 Å². The fourth-order valence-corrected chi connectivity index (χ4v) is 5.88. The number of ether oxygens (including phenoxy) is 1. The van der Waals surface area contributed by atoms with Gasteiger partial charge in [0.25, 0.3) is 5.56 Å². The number of aromatic nitrogens is 3. The monoisotopic (exact) mass is 545 g/mol. The number of morpholine rings is 1. The van der Waals surface area contributed by atoms with Gasteiger partial charge in [0.1, 0.15) is 11.6 Å². The highest BCUT2D eigenvalue weighted by Gasteiger charge is 2.26. The molecule has 0 spiro atoms. The maximum absolute atomic E-state index is 14.3. The van der Waals surface area contributed by atoms with Gasteiger partial charge in [-0.05, 0) is 72.7 Å². The number of nitrogens with zero attached hydrogens (tertiary/aromatic N) is 4. The van der Waals surface area contributed by atoms with Crippen LogP contribution < -0.4 is 17.0 Å². The Bertz CT molecular complexity index is 1670. The van der Waals surface area contributed by atoms with Gasteiger partial charge in [-0.3, -0.25) is 14.3 Å². The molecule has 1 aliphatic carbocycles. The molecule has 0 bridgehead atoms. The predicted molar refractivity (Wildman–Crippen MR) is 150 cm³/mol. The molecule has 1 saturated heterocycles. The lowest BCUT2D eigenvalue weighted by Gasteiger charge is -2.28. The van der Waals surface area contributed by atoms with Gasteiger partial charge in [0.2, 0.25) is 0 Å². The van der Waals surface area contributed by atoms with Gasteiger partial charge >= 0.3 is 5.69 Å².